The van der Waals surface area contributed by atoms with Gasteiger partial charge in [0.25, 0.3) is 5.91 Å². The molecule has 0 bridgehead atoms. The minimum absolute atomic E-state index is 0.0863. The van der Waals surface area contributed by atoms with Gasteiger partial charge >= 0.3 is 0 Å². The molecule has 1 N–H and O–H groups in total. The Morgan fingerprint density at radius 2 is 2.18 bits per heavy atom. The monoisotopic (exact) mass is 256 g/mol. The molecule has 90 valence electrons. The number of hydrogen-bond acceptors (Lipinski definition) is 3. The number of nitrogens with zero attached hydrogens (tertiary/aromatic N) is 1. The number of hydrogen-bond donors (Lipinski definition) is 1. The van der Waals surface area contributed by atoms with Gasteiger partial charge in [-0.05, 0) is 18.2 Å². The van der Waals surface area contributed by atoms with Gasteiger partial charge in [-0.15, -0.1) is 0 Å². The number of nitrogens with one attached hydrogen (secondary N) is 1. The minimum Gasteiger partial charge on any atom is -0.372 e. The molecule has 0 radical (unpaired) electrons. The number of anilines is 1. The zero-order valence-corrected chi connectivity index (χ0v) is 9.79. The normalized spacial score (nSPS) is 19.9. The van der Waals surface area contributed by atoms with Crippen molar-refractivity contribution in [2.45, 2.75) is 12.5 Å². The first-order valence-corrected chi connectivity index (χ1v) is 5.39. The van der Waals surface area contributed by atoms with E-state index in [0.717, 1.165) is 11.0 Å². The van der Waals surface area contributed by atoms with Gasteiger partial charge in [-0.2, -0.15) is 0 Å². The van der Waals surface area contributed by atoms with Gasteiger partial charge in [0.2, 0.25) is 5.91 Å². The van der Waals surface area contributed by atoms with Crippen LogP contribution in [0, 0.1) is 5.82 Å². The highest BCUT2D eigenvalue weighted by molar-refractivity contribution is 6.33. The third-order valence-corrected chi connectivity index (χ3v) is 2.96. The van der Waals surface area contributed by atoms with Crippen molar-refractivity contribution < 1.29 is 14.0 Å². The minimum atomic E-state index is -0.629. The average molecular weight is 257 g/mol. The lowest BCUT2D eigenvalue weighted by molar-refractivity contribution is -0.136. The number of benzene rings is 1. The fourth-order valence-corrected chi connectivity index (χ4v) is 1.88. The van der Waals surface area contributed by atoms with Gasteiger partial charge in [0.1, 0.15) is 11.9 Å². The summed E-state index contributed by atoms with van der Waals surface area (Å²) < 4.78 is 12.8. The SMILES string of the molecule is CN1C(=O)CC(Nc2ccc(F)cc2Cl)C1=O. The van der Waals surface area contributed by atoms with Gasteiger partial charge in [-0.1, -0.05) is 11.6 Å². The molecule has 1 saturated heterocycles. The molecule has 1 aromatic carbocycles. The summed E-state index contributed by atoms with van der Waals surface area (Å²) in [6.45, 7) is 0. The zero-order chi connectivity index (χ0) is 12.6. The van der Waals surface area contributed by atoms with Crippen molar-refractivity contribution >= 4 is 29.1 Å². The number of imide groups is 1. The maximum Gasteiger partial charge on any atom is 0.251 e. The van der Waals surface area contributed by atoms with Crippen LogP contribution in [-0.2, 0) is 9.59 Å². The Labute approximate surface area is 102 Å². The second-order valence-corrected chi connectivity index (χ2v) is 4.22. The molecule has 4 nitrogen and oxygen atoms in total. The van der Waals surface area contributed by atoms with E-state index in [1.165, 1.54) is 19.2 Å². The molecule has 1 fully saturated rings. The molecule has 1 aliphatic heterocycles. The third kappa shape index (κ3) is 2.24. The number of likely N-dealkylation sites (tertiary alicyclic amines) is 1. The summed E-state index contributed by atoms with van der Waals surface area (Å²) in [5, 5.41) is 3.02. The van der Waals surface area contributed by atoms with E-state index in [2.05, 4.69) is 5.32 Å². The molecule has 6 heteroatoms. The van der Waals surface area contributed by atoms with Crippen molar-refractivity contribution in [3.63, 3.8) is 0 Å². The van der Waals surface area contributed by atoms with Crippen molar-refractivity contribution in [1.82, 2.24) is 4.90 Å². The molecule has 2 amide bonds. The van der Waals surface area contributed by atoms with Crippen molar-refractivity contribution in [3.8, 4) is 0 Å². The Bertz CT molecular complexity index is 492. The largest absolute Gasteiger partial charge is 0.372 e. The second kappa shape index (κ2) is 4.33. The summed E-state index contributed by atoms with van der Waals surface area (Å²) in [6.07, 6.45) is 0.0863. The third-order valence-electron chi connectivity index (χ3n) is 2.64. The predicted molar refractivity (Wildman–Crippen MR) is 61.2 cm³/mol. The van der Waals surface area contributed by atoms with Gasteiger partial charge in [0.15, 0.2) is 0 Å². The van der Waals surface area contributed by atoms with Crippen molar-refractivity contribution in [1.29, 1.82) is 0 Å². The van der Waals surface area contributed by atoms with Crippen molar-refractivity contribution in [2.24, 2.45) is 0 Å². The quantitative estimate of drug-likeness (QED) is 0.819. The smallest absolute Gasteiger partial charge is 0.251 e. The lowest BCUT2D eigenvalue weighted by atomic mass is 10.2. The van der Waals surface area contributed by atoms with E-state index in [0.29, 0.717) is 5.69 Å². The van der Waals surface area contributed by atoms with E-state index in [1.807, 2.05) is 0 Å². The highest BCUT2D eigenvalue weighted by Crippen LogP contribution is 2.25. The van der Waals surface area contributed by atoms with Crippen LogP contribution in [0.25, 0.3) is 0 Å². The Balaban J connectivity index is 2.17. The second-order valence-electron chi connectivity index (χ2n) is 3.82. The first-order valence-electron chi connectivity index (χ1n) is 5.01. The fraction of sp³-hybridized carbons (Fsp3) is 0.273. The van der Waals surface area contributed by atoms with E-state index >= 15 is 0 Å². The van der Waals surface area contributed by atoms with Crippen LogP contribution in [0.5, 0.6) is 0 Å². The van der Waals surface area contributed by atoms with Crippen LogP contribution in [-0.4, -0.2) is 29.8 Å². The number of rotatable bonds is 2. The maximum absolute atomic E-state index is 12.8. The van der Waals surface area contributed by atoms with Crippen LogP contribution >= 0.6 is 11.6 Å². The Kier molecular flexibility index (Phi) is 3.02. The number of likely N-dealkylation sites (N-methyl/N-ethyl adjacent to an activating group) is 1. The summed E-state index contributed by atoms with van der Waals surface area (Å²) in [4.78, 5) is 24.0. The lowest BCUT2D eigenvalue weighted by Gasteiger charge is -2.13. The summed E-state index contributed by atoms with van der Waals surface area (Å²) in [6, 6.07) is 3.19. The topological polar surface area (TPSA) is 49.4 Å². The molecule has 1 heterocycles. The first-order chi connectivity index (χ1) is 7.99. The van der Waals surface area contributed by atoms with E-state index in [4.69, 9.17) is 11.6 Å². The standard InChI is InChI=1S/C11H10ClFN2O2/c1-15-10(16)5-9(11(15)17)14-8-3-2-6(13)4-7(8)12/h2-4,9,14H,5H2,1H3. The van der Waals surface area contributed by atoms with Crippen LogP contribution in [0.15, 0.2) is 18.2 Å². The first kappa shape index (κ1) is 11.9. The molecule has 0 aliphatic carbocycles. The molecule has 2 rings (SSSR count). The number of halogens is 2. The number of amides is 2. The highest BCUT2D eigenvalue weighted by Gasteiger charge is 2.36. The fourth-order valence-electron chi connectivity index (χ4n) is 1.66. The van der Waals surface area contributed by atoms with E-state index in [-0.39, 0.29) is 23.3 Å². The number of carbonyl (C=O) groups is 2. The van der Waals surface area contributed by atoms with Gasteiger partial charge < -0.3 is 5.32 Å². The summed E-state index contributed by atoms with van der Waals surface area (Å²) in [5.41, 5.74) is 0.439. The molecule has 1 atom stereocenters. The Morgan fingerprint density at radius 1 is 1.47 bits per heavy atom. The van der Waals surface area contributed by atoms with Crippen molar-refractivity contribution in [2.75, 3.05) is 12.4 Å². The van der Waals surface area contributed by atoms with Crippen LogP contribution in [0.4, 0.5) is 10.1 Å². The van der Waals surface area contributed by atoms with Crippen LogP contribution in [0.3, 0.4) is 0 Å². The van der Waals surface area contributed by atoms with E-state index in [1.54, 1.807) is 0 Å². The summed E-state index contributed by atoms with van der Waals surface area (Å²) in [7, 11) is 1.43. The molecular weight excluding hydrogens is 247 g/mol. The zero-order valence-electron chi connectivity index (χ0n) is 9.04. The van der Waals surface area contributed by atoms with Crippen LogP contribution in [0.2, 0.25) is 5.02 Å². The van der Waals surface area contributed by atoms with Crippen molar-refractivity contribution in [3.05, 3.63) is 29.0 Å². The van der Waals surface area contributed by atoms with E-state index < -0.39 is 11.9 Å². The maximum atomic E-state index is 12.8. The Hall–Kier alpha value is -1.62. The Morgan fingerprint density at radius 3 is 2.71 bits per heavy atom. The molecular formula is C11H10ClFN2O2. The molecule has 0 saturated carbocycles. The van der Waals surface area contributed by atoms with Gasteiger partial charge in [0.05, 0.1) is 17.1 Å². The van der Waals surface area contributed by atoms with Crippen LogP contribution < -0.4 is 5.32 Å². The molecule has 1 unspecified atom stereocenters. The molecule has 17 heavy (non-hydrogen) atoms. The summed E-state index contributed by atoms with van der Waals surface area (Å²) >= 11 is 5.82. The average Bonchev–Trinajstić information content (AvgIpc) is 2.50. The van der Waals surface area contributed by atoms with Gasteiger partial charge in [0, 0.05) is 7.05 Å². The van der Waals surface area contributed by atoms with Crippen LogP contribution in [0.1, 0.15) is 6.42 Å². The molecule has 0 spiro atoms. The number of carbonyl (C=O) groups excluding carboxylic acids is 2. The highest BCUT2D eigenvalue weighted by atomic mass is 35.5. The van der Waals surface area contributed by atoms with E-state index in [9.17, 15) is 14.0 Å². The summed E-state index contributed by atoms with van der Waals surface area (Å²) in [5.74, 6) is -1.01. The molecule has 1 aliphatic rings. The predicted octanol–water partition coefficient (Wildman–Crippen LogP) is 1.65. The molecule has 1 aromatic rings. The molecule has 0 aromatic heterocycles. The lowest BCUT2D eigenvalue weighted by Crippen LogP contribution is -2.31. The van der Waals surface area contributed by atoms with Gasteiger partial charge in [-0.25, -0.2) is 4.39 Å². The van der Waals surface area contributed by atoms with Gasteiger partial charge in [-0.3, -0.25) is 14.5 Å².